The van der Waals surface area contributed by atoms with Crippen molar-refractivity contribution in [1.29, 1.82) is 0 Å². The average Bonchev–Trinajstić information content (AvgIpc) is 2.03. The van der Waals surface area contributed by atoms with Crippen LogP contribution in [-0.4, -0.2) is 19.8 Å². The van der Waals surface area contributed by atoms with Crippen LogP contribution in [0.2, 0.25) is 0 Å². The van der Waals surface area contributed by atoms with Gasteiger partial charge in [-0.05, 0) is 38.1 Å². The molecule has 0 aromatic rings. The molecule has 1 rings (SSSR count). The largest absolute Gasteiger partial charge is 0.381 e. The fourth-order valence-electron chi connectivity index (χ4n) is 1.44. The number of halogens is 1. The highest BCUT2D eigenvalue weighted by Crippen LogP contribution is 2.19. The Hall–Kier alpha value is 0.210. The summed E-state index contributed by atoms with van der Waals surface area (Å²) in [5.74, 6) is 0.900. The molecule has 11 heavy (non-hydrogen) atoms. The number of rotatable bonds is 3. The third-order valence-corrected chi connectivity index (χ3v) is 2.16. The van der Waals surface area contributed by atoms with Crippen molar-refractivity contribution in [3.8, 4) is 0 Å². The van der Waals surface area contributed by atoms with Crippen LogP contribution in [0.1, 0.15) is 25.7 Å². The summed E-state index contributed by atoms with van der Waals surface area (Å²) in [4.78, 5) is 0. The molecule has 1 saturated heterocycles. The fourth-order valence-corrected chi connectivity index (χ4v) is 1.44. The molecule has 0 unspecified atom stereocenters. The molecule has 2 N–H and O–H groups in total. The van der Waals surface area contributed by atoms with Crippen molar-refractivity contribution in [3.05, 3.63) is 0 Å². The number of hydrogen-bond acceptors (Lipinski definition) is 2. The fraction of sp³-hybridized carbons (Fsp3) is 1.00. The molecule has 0 spiro atoms. The van der Waals surface area contributed by atoms with Gasteiger partial charge in [-0.25, -0.2) is 0 Å². The molecule has 1 aliphatic heterocycles. The van der Waals surface area contributed by atoms with Gasteiger partial charge in [-0.1, -0.05) is 0 Å². The van der Waals surface area contributed by atoms with Crippen LogP contribution in [0, 0.1) is 5.92 Å². The normalized spacial score (nSPS) is 19.4. The van der Waals surface area contributed by atoms with Crippen LogP contribution >= 0.6 is 12.4 Å². The molecule has 0 saturated carbocycles. The highest BCUT2D eigenvalue weighted by Gasteiger charge is 2.12. The SMILES string of the molecule is Cl.NCCCC1CCOCC1. The van der Waals surface area contributed by atoms with E-state index >= 15 is 0 Å². The molecule has 2 nitrogen and oxygen atoms in total. The first kappa shape index (κ1) is 11.2. The lowest BCUT2D eigenvalue weighted by Gasteiger charge is -2.21. The van der Waals surface area contributed by atoms with Gasteiger partial charge in [-0.15, -0.1) is 12.4 Å². The zero-order chi connectivity index (χ0) is 7.23. The maximum Gasteiger partial charge on any atom is 0.0468 e. The molecular formula is C8H18ClNO. The molecule has 1 aliphatic rings. The quantitative estimate of drug-likeness (QED) is 0.714. The third kappa shape index (κ3) is 4.62. The van der Waals surface area contributed by atoms with E-state index in [4.69, 9.17) is 10.5 Å². The summed E-state index contributed by atoms with van der Waals surface area (Å²) in [5, 5.41) is 0. The molecule has 1 heterocycles. The molecular weight excluding hydrogens is 162 g/mol. The minimum Gasteiger partial charge on any atom is -0.381 e. The lowest BCUT2D eigenvalue weighted by molar-refractivity contribution is 0.0635. The van der Waals surface area contributed by atoms with Crippen LogP contribution in [0.15, 0.2) is 0 Å². The molecule has 0 aromatic carbocycles. The van der Waals surface area contributed by atoms with Crippen LogP contribution in [0.4, 0.5) is 0 Å². The van der Waals surface area contributed by atoms with E-state index in [-0.39, 0.29) is 12.4 Å². The van der Waals surface area contributed by atoms with Crippen LogP contribution in [0.5, 0.6) is 0 Å². The van der Waals surface area contributed by atoms with Crippen molar-refractivity contribution in [1.82, 2.24) is 0 Å². The lowest BCUT2D eigenvalue weighted by Crippen LogP contribution is -2.16. The summed E-state index contributed by atoms with van der Waals surface area (Å²) in [7, 11) is 0. The van der Waals surface area contributed by atoms with Gasteiger partial charge in [-0.3, -0.25) is 0 Å². The number of hydrogen-bond donors (Lipinski definition) is 1. The van der Waals surface area contributed by atoms with Crippen molar-refractivity contribution < 1.29 is 4.74 Å². The van der Waals surface area contributed by atoms with Gasteiger partial charge in [0.25, 0.3) is 0 Å². The molecule has 0 bridgehead atoms. The van der Waals surface area contributed by atoms with Gasteiger partial charge in [0, 0.05) is 13.2 Å². The summed E-state index contributed by atoms with van der Waals surface area (Å²) in [6.45, 7) is 2.78. The molecule has 0 amide bonds. The first-order chi connectivity index (χ1) is 4.93. The Labute approximate surface area is 74.9 Å². The summed E-state index contributed by atoms with van der Waals surface area (Å²) in [6.07, 6.45) is 4.99. The molecule has 0 radical (unpaired) electrons. The topological polar surface area (TPSA) is 35.2 Å². The maximum atomic E-state index is 5.41. The highest BCUT2D eigenvalue weighted by atomic mass is 35.5. The Morgan fingerprint density at radius 2 is 1.91 bits per heavy atom. The minimum absolute atomic E-state index is 0. The third-order valence-electron chi connectivity index (χ3n) is 2.16. The minimum atomic E-state index is 0. The summed E-state index contributed by atoms with van der Waals surface area (Å²) < 4.78 is 5.25. The second-order valence-corrected chi connectivity index (χ2v) is 2.99. The molecule has 3 heteroatoms. The van der Waals surface area contributed by atoms with E-state index in [9.17, 15) is 0 Å². The van der Waals surface area contributed by atoms with Crippen molar-refractivity contribution in [2.45, 2.75) is 25.7 Å². The Morgan fingerprint density at radius 1 is 1.27 bits per heavy atom. The van der Waals surface area contributed by atoms with Gasteiger partial charge in [0.2, 0.25) is 0 Å². The molecule has 68 valence electrons. The van der Waals surface area contributed by atoms with Crippen LogP contribution in [-0.2, 0) is 4.74 Å². The molecule has 0 aliphatic carbocycles. The summed E-state index contributed by atoms with van der Waals surface area (Å²) >= 11 is 0. The van der Waals surface area contributed by atoms with Crippen LogP contribution in [0.3, 0.4) is 0 Å². The van der Waals surface area contributed by atoms with Crippen molar-refractivity contribution in [2.75, 3.05) is 19.8 Å². The average molecular weight is 180 g/mol. The second kappa shape index (κ2) is 6.89. The van der Waals surface area contributed by atoms with Crippen molar-refractivity contribution in [3.63, 3.8) is 0 Å². The van der Waals surface area contributed by atoms with Crippen molar-refractivity contribution in [2.24, 2.45) is 11.7 Å². The van der Waals surface area contributed by atoms with E-state index in [1.54, 1.807) is 0 Å². The number of nitrogens with two attached hydrogens (primary N) is 1. The highest BCUT2D eigenvalue weighted by molar-refractivity contribution is 5.85. The Bertz CT molecular complexity index is 84.2. The Balaban J connectivity index is 0.000001000. The van der Waals surface area contributed by atoms with Crippen LogP contribution < -0.4 is 5.73 Å². The lowest BCUT2D eigenvalue weighted by atomic mass is 9.95. The van der Waals surface area contributed by atoms with Gasteiger partial charge >= 0.3 is 0 Å². The summed E-state index contributed by atoms with van der Waals surface area (Å²) in [5.41, 5.74) is 5.41. The first-order valence-electron chi connectivity index (χ1n) is 4.21. The van der Waals surface area contributed by atoms with Crippen LogP contribution in [0.25, 0.3) is 0 Å². The van der Waals surface area contributed by atoms with E-state index in [0.717, 1.165) is 25.7 Å². The Kier molecular flexibility index (Phi) is 7.02. The first-order valence-corrected chi connectivity index (χ1v) is 4.21. The standard InChI is InChI=1S/C8H17NO.ClH/c9-5-1-2-8-3-6-10-7-4-8;/h8H,1-7,9H2;1H. The molecule has 0 atom stereocenters. The predicted molar refractivity (Wildman–Crippen MR) is 49.1 cm³/mol. The second-order valence-electron chi connectivity index (χ2n) is 2.99. The molecule has 1 fully saturated rings. The van der Waals surface area contributed by atoms with Gasteiger partial charge in [0.1, 0.15) is 0 Å². The van der Waals surface area contributed by atoms with Gasteiger partial charge in [-0.2, -0.15) is 0 Å². The van der Waals surface area contributed by atoms with Gasteiger partial charge < -0.3 is 10.5 Å². The maximum absolute atomic E-state index is 5.41. The zero-order valence-electron chi connectivity index (χ0n) is 6.92. The Morgan fingerprint density at radius 3 is 2.45 bits per heavy atom. The van der Waals surface area contributed by atoms with E-state index in [2.05, 4.69) is 0 Å². The van der Waals surface area contributed by atoms with E-state index < -0.39 is 0 Å². The monoisotopic (exact) mass is 179 g/mol. The van der Waals surface area contributed by atoms with Gasteiger partial charge in [0.05, 0.1) is 0 Å². The molecule has 0 aromatic heterocycles. The smallest absolute Gasteiger partial charge is 0.0468 e. The van der Waals surface area contributed by atoms with Gasteiger partial charge in [0.15, 0.2) is 0 Å². The predicted octanol–water partition coefficient (Wildman–Crippen LogP) is 1.57. The van der Waals surface area contributed by atoms with E-state index in [1.807, 2.05) is 0 Å². The zero-order valence-corrected chi connectivity index (χ0v) is 7.74. The summed E-state index contributed by atoms with van der Waals surface area (Å²) in [6, 6.07) is 0. The number of ether oxygens (including phenoxy) is 1. The van der Waals surface area contributed by atoms with Crippen molar-refractivity contribution >= 4 is 12.4 Å². The van der Waals surface area contributed by atoms with E-state index in [0.29, 0.717) is 0 Å². The van der Waals surface area contributed by atoms with E-state index in [1.165, 1.54) is 25.7 Å².